The first-order valence-electron chi connectivity index (χ1n) is 10.7. The Hall–Kier alpha value is -3.27. The van der Waals surface area contributed by atoms with Crippen molar-refractivity contribution in [2.24, 2.45) is 0 Å². The van der Waals surface area contributed by atoms with Gasteiger partial charge in [-0.25, -0.2) is 4.90 Å². The Kier molecular flexibility index (Phi) is 8.03. The fourth-order valence-electron chi connectivity index (χ4n) is 3.39. The smallest absolute Gasteiger partial charge is 0.298 e. The third kappa shape index (κ3) is 5.92. The molecule has 7 nitrogen and oxygen atoms in total. The van der Waals surface area contributed by atoms with Gasteiger partial charge in [0.15, 0.2) is 18.1 Å². The second-order valence-corrected chi connectivity index (χ2v) is 10.0. The fourth-order valence-corrected chi connectivity index (χ4v) is 4.99. The maximum absolute atomic E-state index is 12.9. The van der Waals surface area contributed by atoms with Crippen LogP contribution in [0.5, 0.6) is 11.5 Å². The van der Waals surface area contributed by atoms with Crippen LogP contribution in [-0.4, -0.2) is 30.8 Å². The second kappa shape index (κ2) is 11.2. The molecule has 0 unspecified atom stereocenters. The fraction of sp³-hybridized carbons (Fsp3) is 0.115. The SMILES string of the molecule is COc1cc(/C=C2/SC(=O)N(c3cccc(Cl)c3)C2=O)cc(Br)c1OCC(=O)Nc1ccc(C)cc1. The molecule has 3 aromatic carbocycles. The van der Waals surface area contributed by atoms with Crippen molar-refractivity contribution in [1.82, 2.24) is 0 Å². The topological polar surface area (TPSA) is 84.9 Å². The number of benzene rings is 3. The van der Waals surface area contributed by atoms with Gasteiger partial charge in [0.05, 0.1) is 22.2 Å². The van der Waals surface area contributed by atoms with Crippen LogP contribution in [0.3, 0.4) is 0 Å². The van der Waals surface area contributed by atoms with Gasteiger partial charge in [0, 0.05) is 10.7 Å². The van der Waals surface area contributed by atoms with Gasteiger partial charge in [-0.15, -0.1) is 0 Å². The molecule has 184 valence electrons. The Labute approximate surface area is 225 Å². The summed E-state index contributed by atoms with van der Waals surface area (Å²) in [6.07, 6.45) is 1.59. The van der Waals surface area contributed by atoms with Crippen molar-refractivity contribution < 1.29 is 23.9 Å². The number of imide groups is 1. The van der Waals surface area contributed by atoms with Crippen LogP contribution in [0.2, 0.25) is 5.02 Å². The van der Waals surface area contributed by atoms with E-state index in [2.05, 4.69) is 21.2 Å². The Bertz CT molecular complexity index is 1380. The monoisotopic (exact) mass is 586 g/mol. The van der Waals surface area contributed by atoms with Crippen LogP contribution in [-0.2, 0) is 9.59 Å². The van der Waals surface area contributed by atoms with Crippen LogP contribution in [0, 0.1) is 6.92 Å². The van der Waals surface area contributed by atoms with Gasteiger partial charge >= 0.3 is 0 Å². The van der Waals surface area contributed by atoms with Crippen molar-refractivity contribution in [3.05, 3.63) is 86.2 Å². The first-order chi connectivity index (χ1) is 17.2. The molecule has 3 amide bonds. The van der Waals surface area contributed by atoms with Gasteiger partial charge in [0.25, 0.3) is 17.1 Å². The number of halogens is 2. The van der Waals surface area contributed by atoms with E-state index in [1.54, 1.807) is 42.5 Å². The first kappa shape index (κ1) is 25.8. The van der Waals surface area contributed by atoms with Gasteiger partial charge in [-0.2, -0.15) is 0 Å². The number of amides is 3. The van der Waals surface area contributed by atoms with E-state index in [1.807, 2.05) is 31.2 Å². The number of thioether (sulfide) groups is 1. The van der Waals surface area contributed by atoms with Gasteiger partial charge in [0.1, 0.15) is 0 Å². The van der Waals surface area contributed by atoms with Crippen molar-refractivity contribution in [3.8, 4) is 11.5 Å². The minimum atomic E-state index is -0.449. The summed E-state index contributed by atoms with van der Waals surface area (Å²) in [6.45, 7) is 1.73. The quantitative estimate of drug-likeness (QED) is 0.311. The number of aryl methyl sites for hydroxylation is 1. The minimum Gasteiger partial charge on any atom is -0.493 e. The Morgan fingerprint density at radius 3 is 2.58 bits per heavy atom. The standard InChI is InChI=1S/C26H20BrClN2O5S/c1-15-6-8-18(9-7-15)29-23(31)14-35-24-20(27)10-16(11-21(24)34-2)12-22-25(32)30(26(33)36-22)19-5-3-4-17(28)13-19/h3-13H,14H2,1-2H3,(H,29,31)/b22-12+. The highest BCUT2D eigenvalue weighted by molar-refractivity contribution is 9.10. The van der Waals surface area contributed by atoms with E-state index >= 15 is 0 Å². The Balaban J connectivity index is 1.50. The third-order valence-electron chi connectivity index (χ3n) is 5.09. The minimum absolute atomic E-state index is 0.235. The maximum atomic E-state index is 12.9. The van der Waals surface area contributed by atoms with E-state index in [4.69, 9.17) is 21.1 Å². The zero-order chi connectivity index (χ0) is 25.8. The Morgan fingerprint density at radius 1 is 1.14 bits per heavy atom. The highest BCUT2D eigenvalue weighted by Crippen LogP contribution is 2.40. The summed E-state index contributed by atoms with van der Waals surface area (Å²) in [7, 11) is 1.47. The van der Waals surface area contributed by atoms with Crippen molar-refractivity contribution in [2.45, 2.75) is 6.92 Å². The normalized spacial score (nSPS) is 14.3. The molecule has 4 rings (SSSR count). The van der Waals surface area contributed by atoms with Crippen LogP contribution in [0.1, 0.15) is 11.1 Å². The van der Waals surface area contributed by atoms with Crippen molar-refractivity contribution >= 4 is 73.8 Å². The van der Waals surface area contributed by atoms with Gasteiger partial charge in [-0.05, 0) is 88.7 Å². The first-order valence-corrected chi connectivity index (χ1v) is 12.6. The van der Waals surface area contributed by atoms with Crippen molar-refractivity contribution in [2.75, 3.05) is 23.9 Å². The molecule has 1 aliphatic heterocycles. The molecule has 1 saturated heterocycles. The predicted molar refractivity (Wildman–Crippen MR) is 146 cm³/mol. The van der Waals surface area contributed by atoms with E-state index in [9.17, 15) is 14.4 Å². The molecular weight excluding hydrogens is 568 g/mol. The molecule has 0 aromatic heterocycles. The zero-order valence-corrected chi connectivity index (χ0v) is 22.4. The molecule has 0 bridgehead atoms. The maximum Gasteiger partial charge on any atom is 0.298 e. The van der Waals surface area contributed by atoms with Crippen LogP contribution >= 0.6 is 39.3 Å². The van der Waals surface area contributed by atoms with Gasteiger partial charge in [0.2, 0.25) is 0 Å². The largest absolute Gasteiger partial charge is 0.493 e. The molecule has 1 fully saturated rings. The zero-order valence-electron chi connectivity index (χ0n) is 19.2. The summed E-state index contributed by atoms with van der Waals surface area (Å²) < 4.78 is 11.7. The van der Waals surface area contributed by atoms with Crippen molar-refractivity contribution in [1.29, 1.82) is 0 Å². The lowest BCUT2D eigenvalue weighted by atomic mass is 10.1. The summed E-state index contributed by atoms with van der Waals surface area (Å²) in [6, 6.07) is 17.3. The van der Waals surface area contributed by atoms with Crippen molar-refractivity contribution in [3.63, 3.8) is 0 Å². The lowest BCUT2D eigenvalue weighted by Crippen LogP contribution is -2.27. The van der Waals surface area contributed by atoms with Crippen LogP contribution in [0.25, 0.3) is 6.08 Å². The molecule has 1 aliphatic rings. The van der Waals surface area contributed by atoms with Crippen LogP contribution < -0.4 is 19.7 Å². The van der Waals surface area contributed by atoms with Gasteiger partial charge in [-0.1, -0.05) is 35.4 Å². The summed E-state index contributed by atoms with van der Waals surface area (Å²) >= 11 is 10.3. The molecule has 0 radical (unpaired) electrons. The average molecular weight is 588 g/mol. The number of methoxy groups -OCH3 is 1. The number of nitrogens with zero attached hydrogens (tertiary/aromatic N) is 1. The molecule has 0 atom stereocenters. The lowest BCUT2D eigenvalue weighted by molar-refractivity contribution is -0.118. The second-order valence-electron chi connectivity index (χ2n) is 7.73. The molecule has 36 heavy (non-hydrogen) atoms. The number of ether oxygens (including phenoxy) is 2. The predicted octanol–water partition coefficient (Wildman–Crippen LogP) is 6.68. The molecule has 10 heteroatoms. The van der Waals surface area contributed by atoms with Gasteiger partial charge in [-0.3, -0.25) is 14.4 Å². The highest BCUT2D eigenvalue weighted by Gasteiger charge is 2.36. The van der Waals surface area contributed by atoms with E-state index in [0.717, 1.165) is 22.2 Å². The Morgan fingerprint density at radius 2 is 1.89 bits per heavy atom. The summed E-state index contributed by atoms with van der Waals surface area (Å²) in [4.78, 5) is 39.1. The van der Waals surface area contributed by atoms with Gasteiger partial charge < -0.3 is 14.8 Å². The summed E-state index contributed by atoms with van der Waals surface area (Å²) in [5.74, 6) is -0.0874. The number of carbonyl (C=O) groups is 3. The van der Waals surface area contributed by atoms with E-state index < -0.39 is 11.1 Å². The number of carbonyl (C=O) groups excluding carboxylic acids is 3. The van der Waals surface area contributed by atoms with E-state index in [-0.39, 0.29) is 17.4 Å². The van der Waals surface area contributed by atoms with E-state index in [0.29, 0.717) is 37.9 Å². The van der Waals surface area contributed by atoms with Crippen LogP contribution in [0.4, 0.5) is 16.2 Å². The number of anilines is 2. The third-order valence-corrected chi connectivity index (χ3v) is 6.79. The highest BCUT2D eigenvalue weighted by atomic mass is 79.9. The summed E-state index contributed by atoms with van der Waals surface area (Å²) in [5, 5.41) is 2.78. The molecular formula is C26H20BrClN2O5S. The number of hydrogen-bond acceptors (Lipinski definition) is 6. The number of hydrogen-bond donors (Lipinski definition) is 1. The molecule has 1 heterocycles. The number of nitrogens with one attached hydrogen (secondary N) is 1. The number of rotatable bonds is 7. The van der Waals surface area contributed by atoms with E-state index in [1.165, 1.54) is 7.11 Å². The molecule has 0 spiro atoms. The molecule has 3 aromatic rings. The molecule has 0 aliphatic carbocycles. The summed E-state index contributed by atoms with van der Waals surface area (Å²) in [5.41, 5.74) is 2.76. The molecule has 0 saturated carbocycles. The average Bonchev–Trinajstić information content (AvgIpc) is 3.12. The lowest BCUT2D eigenvalue weighted by Gasteiger charge is -2.14. The molecule has 1 N–H and O–H groups in total. The van der Waals surface area contributed by atoms with Crippen LogP contribution in [0.15, 0.2) is 70.0 Å².